The van der Waals surface area contributed by atoms with E-state index in [1.165, 1.54) is 10.4 Å². The third-order valence-electron chi connectivity index (χ3n) is 5.58. The van der Waals surface area contributed by atoms with E-state index < -0.39 is 0 Å². The number of aryl methyl sites for hydroxylation is 1. The number of carbonyl (C=O) groups excluding carboxylic acids is 1. The van der Waals surface area contributed by atoms with E-state index >= 15 is 0 Å². The topological polar surface area (TPSA) is 67.4 Å². The van der Waals surface area contributed by atoms with Gasteiger partial charge in [-0.1, -0.05) is 6.07 Å². The molecule has 28 heavy (non-hydrogen) atoms. The quantitative estimate of drug-likeness (QED) is 0.835. The monoisotopic (exact) mass is 400 g/mol. The van der Waals surface area contributed by atoms with Crippen LogP contribution in [0.5, 0.6) is 0 Å². The van der Waals surface area contributed by atoms with E-state index in [0.717, 1.165) is 82.3 Å². The molecule has 1 N–H and O–H groups in total. The van der Waals surface area contributed by atoms with Crippen LogP contribution in [0.2, 0.25) is 0 Å². The Morgan fingerprint density at radius 1 is 1.29 bits per heavy atom. The van der Waals surface area contributed by atoms with Crippen molar-refractivity contribution in [2.45, 2.75) is 39.0 Å². The number of anilines is 1. The van der Waals surface area contributed by atoms with E-state index in [1.807, 2.05) is 6.92 Å². The first kappa shape index (κ1) is 19.3. The predicted molar refractivity (Wildman–Crippen MR) is 111 cm³/mol. The number of ether oxygens (including phenoxy) is 1. The van der Waals surface area contributed by atoms with Crippen molar-refractivity contribution >= 4 is 23.1 Å². The van der Waals surface area contributed by atoms with Gasteiger partial charge in [-0.25, -0.2) is 9.97 Å². The number of nitrogens with zero attached hydrogens (tertiary/aromatic N) is 3. The van der Waals surface area contributed by atoms with Crippen molar-refractivity contribution in [1.82, 2.24) is 15.3 Å². The van der Waals surface area contributed by atoms with Gasteiger partial charge < -0.3 is 15.0 Å². The first-order chi connectivity index (χ1) is 13.7. The highest BCUT2D eigenvalue weighted by Gasteiger charge is 2.28. The maximum Gasteiger partial charge on any atom is 0.223 e. The van der Waals surface area contributed by atoms with Crippen LogP contribution in [-0.4, -0.2) is 48.7 Å². The molecule has 0 atom stereocenters. The van der Waals surface area contributed by atoms with Crippen molar-refractivity contribution in [2.75, 3.05) is 37.7 Å². The summed E-state index contributed by atoms with van der Waals surface area (Å²) in [6, 6.07) is 4.17. The van der Waals surface area contributed by atoms with Gasteiger partial charge in [-0.2, -0.15) is 0 Å². The second-order valence-electron chi connectivity index (χ2n) is 7.51. The normalized spacial score (nSPS) is 17.8. The van der Waals surface area contributed by atoms with E-state index in [2.05, 4.69) is 32.7 Å². The van der Waals surface area contributed by atoms with E-state index in [0.29, 0.717) is 0 Å². The number of rotatable bonds is 5. The largest absolute Gasteiger partial charge is 0.381 e. The maximum absolute atomic E-state index is 12.5. The zero-order chi connectivity index (χ0) is 19.3. The Morgan fingerprint density at radius 3 is 2.89 bits per heavy atom. The Kier molecular flexibility index (Phi) is 6.22. The standard InChI is InChI=1S/C21H28N4O2S/c1-15-23-19-8-13-27-12-7-18(19)20(24-15)25-10-5-16(6-11-25)21(26)22-9-4-17-3-2-14-28-17/h2-3,14,16H,4-13H2,1H3,(H,22,26). The lowest BCUT2D eigenvalue weighted by molar-refractivity contribution is -0.125. The average Bonchev–Trinajstić information content (AvgIpc) is 3.11. The lowest BCUT2D eigenvalue weighted by atomic mass is 9.95. The fourth-order valence-electron chi connectivity index (χ4n) is 4.07. The molecule has 0 bridgehead atoms. The van der Waals surface area contributed by atoms with Crippen LogP contribution >= 0.6 is 11.3 Å². The zero-order valence-electron chi connectivity index (χ0n) is 16.4. The van der Waals surface area contributed by atoms with Crippen molar-refractivity contribution in [3.05, 3.63) is 39.5 Å². The number of carbonyl (C=O) groups is 1. The fourth-order valence-corrected chi connectivity index (χ4v) is 4.78. The summed E-state index contributed by atoms with van der Waals surface area (Å²) in [7, 11) is 0. The van der Waals surface area contributed by atoms with Gasteiger partial charge in [0.05, 0.1) is 18.9 Å². The molecule has 0 saturated carbocycles. The lowest BCUT2D eigenvalue weighted by Gasteiger charge is -2.33. The molecule has 2 aliphatic rings. The fraction of sp³-hybridized carbons (Fsp3) is 0.571. The Hall–Kier alpha value is -1.99. The van der Waals surface area contributed by atoms with Crippen molar-refractivity contribution in [3.63, 3.8) is 0 Å². The number of hydrogen-bond donors (Lipinski definition) is 1. The van der Waals surface area contributed by atoms with Gasteiger partial charge in [0.2, 0.25) is 5.91 Å². The van der Waals surface area contributed by atoms with E-state index in [1.54, 1.807) is 11.3 Å². The van der Waals surface area contributed by atoms with Crippen molar-refractivity contribution in [1.29, 1.82) is 0 Å². The lowest BCUT2D eigenvalue weighted by Crippen LogP contribution is -2.41. The van der Waals surface area contributed by atoms with Crippen LogP contribution in [0.25, 0.3) is 0 Å². The Balaban J connectivity index is 1.34. The molecule has 1 amide bonds. The molecule has 6 nitrogen and oxygen atoms in total. The third kappa shape index (κ3) is 4.52. The van der Waals surface area contributed by atoms with Gasteiger partial charge in [0, 0.05) is 48.8 Å². The highest BCUT2D eigenvalue weighted by atomic mass is 32.1. The van der Waals surface area contributed by atoms with Crippen LogP contribution in [-0.2, 0) is 28.8 Å². The molecule has 150 valence electrons. The molecule has 2 aromatic heterocycles. The highest BCUT2D eigenvalue weighted by Crippen LogP contribution is 2.28. The van der Waals surface area contributed by atoms with E-state index in [4.69, 9.17) is 9.72 Å². The van der Waals surface area contributed by atoms with Crippen LogP contribution in [0.3, 0.4) is 0 Å². The molecular formula is C21H28N4O2S. The Morgan fingerprint density at radius 2 is 2.11 bits per heavy atom. The van der Waals surface area contributed by atoms with Crippen LogP contribution in [0.15, 0.2) is 17.5 Å². The number of amides is 1. The molecule has 1 fully saturated rings. The molecular weight excluding hydrogens is 372 g/mol. The summed E-state index contributed by atoms with van der Waals surface area (Å²) in [5.41, 5.74) is 2.37. The number of hydrogen-bond acceptors (Lipinski definition) is 6. The smallest absolute Gasteiger partial charge is 0.223 e. The molecule has 2 aliphatic heterocycles. The number of piperidine rings is 1. The number of nitrogens with one attached hydrogen (secondary N) is 1. The van der Waals surface area contributed by atoms with Crippen molar-refractivity contribution in [3.8, 4) is 0 Å². The summed E-state index contributed by atoms with van der Waals surface area (Å²) < 4.78 is 5.63. The van der Waals surface area contributed by atoms with Crippen LogP contribution in [0.1, 0.15) is 34.8 Å². The summed E-state index contributed by atoms with van der Waals surface area (Å²) in [6.45, 7) is 5.88. The molecule has 0 spiro atoms. The maximum atomic E-state index is 12.5. The summed E-state index contributed by atoms with van der Waals surface area (Å²) >= 11 is 1.74. The van der Waals surface area contributed by atoms with Crippen molar-refractivity contribution in [2.24, 2.45) is 5.92 Å². The molecule has 4 rings (SSSR count). The molecule has 2 aromatic rings. The Bertz CT molecular complexity index is 801. The first-order valence-electron chi connectivity index (χ1n) is 10.2. The van der Waals surface area contributed by atoms with Gasteiger partial charge in [0.1, 0.15) is 11.6 Å². The summed E-state index contributed by atoms with van der Waals surface area (Å²) in [6.07, 6.45) is 4.39. The predicted octanol–water partition coefficient (Wildman–Crippen LogP) is 2.54. The summed E-state index contributed by atoms with van der Waals surface area (Å²) in [5.74, 6) is 2.18. The van der Waals surface area contributed by atoms with Gasteiger partial charge in [0.25, 0.3) is 0 Å². The second kappa shape index (κ2) is 9.01. The van der Waals surface area contributed by atoms with Gasteiger partial charge in [-0.15, -0.1) is 11.3 Å². The minimum absolute atomic E-state index is 0.101. The van der Waals surface area contributed by atoms with Crippen molar-refractivity contribution < 1.29 is 9.53 Å². The molecule has 1 saturated heterocycles. The molecule has 0 aliphatic carbocycles. The first-order valence-corrected chi connectivity index (χ1v) is 11.1. The molecule has 0 unspecified atom stereocenters. The highest BCUT2D eigenvalue weighted by molar-refractivity contribution is 7.09. The van der Waals surface area contributed by atoms with Crippen LogP contribution in [0, 0.1) is 12.8 Å². The molecule has 7 heteroatoms. The zero-order valence-corrected chi connectivity index (χ0v) is 17.3. The number of fused-ring (bicyclic) bond motifs is 1. The average molecular weight is 401 g/mol. The Labute approximate surface area is 170 Å². The summed E-state index contributed by atoms with van der Waals surface area (Å²) in [5, 5.41) is 5.20. The molecule has 0 aromatic carbocycles. The number of aromatic nitrogens is 2. The van der Waals surface area contributed by atoms with E-state index in [9.17, 15) is 4.79 Å². The van der Waals surface area contributed by atoms with E-state index in [-0.39, 0.29) is 11.8 Å². The minimum Gasteiger partial charge on any atom is -0.381 e. The van der Waals surface area contributed by atoms with Gasteiger partial charge in [-0.3, -0.25) is 4.79 Å². The van der Waals surface area contributed by atoms with Gasteiger partial charge in [-0.05, 0) is 37.6 Å². The van der Waals surface area contributed by atoms with Gasteiger partial charge >= 0.3 is 0 Å². The third-order valence-corrected chi connectivity index (χ3v) is 6.51. The van der Waals surface area contributed by atoms with Crippen LogP contribution < -0.4 is 10.2 Å². The SMILES string of the molecule is Cc1nc2c(c(N3CCC(C(=O)NCCc4cccs4)CC3)n1)CCOCC2. The minimum atomic E-state index is 0.101. The molecule has 4 heterocycles. The summed E-state index contributed by atoms with van der Waals surface area (Å²) in [4.78, 5) is 25.6. The van der Waals surface area contributed by atoms with Crippen LogP contribution in [0.4, 0.5) is 5.82 Å². The number of thiophene rings is 1. The molecule has 0 radical (unpaired) electrons. The second-order valence-corrected chi connectivity index (χ2v) is 8.55. The van der Waals surface area contributed by atoms with Gasteiger partial charge in [0.15, 0.2) is 0 Å².